The molecule has 84 valence electrons. The number of hydrogen-bond donors (Lipinski definition) is 2. The number of carbonyl (C=O) groups is 1. The molecule has 1 atom stereocenters. The number of hydrogen-bond acceptors (Lipinski definition) is 2. The average Bonchev–Trinajstić information content (AvgIpc) is 3.14. The monoisotopic (exact) mass is 216 g/mol. The summed E-state index contributed by atoms with van der Waals surface area (Å²) in [6.07, 6.45) is 2.54. The van der Waals surface area contributed by atoms with Crippen molar-refractivity contribution in [2.45, 2.75) is 24.8 Å². The van der Waals surface area contributed by atoms with Gasteiger partial charge in [-0.25, -0.2) is 0 Å². The number of piperazine rings is 1. The zero-order valence-electron chi connectivity index (χ0n) is 9.20. The Hall–Kier alpha value is -1.35. The summed E-state index contributed by atoms with van der Waals surface area (Å²) in [7, 11) is 0. The molecule has 2 aliphatic rings. The summed E-state index contributed by atoms with van der Waals surface area (Å²) in [5.41, 5.74) is 2.53. The molecule has 1 saturated carbocycles. The molecular weight excluding hydrogens is 200 g/mol. The first-order valence-corrected chi connectivity index (χ1v) is 5.96. The van der Waals surface area contributed by atoms with Gasteiger partial charge in [-0.05, 0) is 29.9 Å². The first-order valence-electron chi connectivity index (χ1n) is 5.96. The zero-order valence-corrected chi connectivity index (χ0v) is 9.20. The van der Waals surface area contributed by atoms with Crippen LogP contribution < -0.4 is 10.6 Å². The number of amides is 1. The summed E-state index contributed by atoms with van der Waals surface area (Å²) in [5.74, 6) is 0.798. The minimum absolute atomic E-state index is 0.111. The van der Waals surface area contributed by atoms with E-state index >= 15 is 0 Å². The Morgan fingerprint density at radius 1 is 1.06 bits per heavy atom. The van der Waals surface area contributed by atoms with Crippen molar-refractivity contribution in [2.24, 2.45) is 0 Å². The lowest BCUT2D eigenvalue weighted by Gasteiger charge is -2.25. The summed E-state index contributed by atoms with van der Waals surface area (Å²) in [4.78, 5) is 11.8. The Bertz CT molecular complexity index is 412. The summed E-state index contributed by atoms with van der Waals surface area (Å²) in [6, 6.07) is 8.18. The van der Waals surface area contributed by atoms with Crippen molar-refractivity contribution >= 4 is 5.91 Å². The van der Waals surface area contributed by atoms with Crippen LogP contribution in [0.4, 0.5) is 0 Å². The minimum Gasteiger partial charge on any atom is -0.353 e. The van der Waals surface area contributed by atoms with Crippen LogP contribution in [0, 0.1) is 0 Å². The van der Waals surface area contributed by atoms with E-state index in [9.17, 15) is 4.79 Å². The maximum atomic E-state index is 11.8. The van der Waals surface area contributed by atoms with Gasteiger partial charge in [0.05, 0.1) is 0 Å². The molecule has 1 unspecified atom stereocenters. The fourth-order valence-corrected chi connectivity index (χ4v) is 2.39. The maximum Gasteiger partial charge on any atom is 0.241 e. The van der Waals surface area contributed by atoms with Gasteiger partial charge < -0.3 is 10.6 Å². The summed E-state index contributed by atoms with van der Waals surface area (Å²) < 4.78 is 0. The fraction of sp³-hybridized carbons (Fsp3) is 0.462. The summed E-state index contributed by atoms with van der Waals surface area (Å²) in [6.45, 7) is 1.59. The van der Waals surface area contributed by atoms with Gasteiger partial charge in [-0.3, -0.25) is 4.79 Å². The third kappa shape index (κ3) is 1.71. The van der Waals surface area contributed by atoms with Crippen LogP contribution in [0.1, 0.15) is 35.9 Å². The predicted molar refractivity (Wildman–Crippen MR) is 62.2 cm³/mol. The molecule has 3 nitrogen and oxygen atoms in total. The lowest BCUT2D eigenvalue weighted by molar-refractivity contribution is -0.124. The molecule has 1 saturated heterocycles. The van der Waals surface area contributed by atoms with E-state index in [0.717, 1.165) is 13.1 Å². The third-order valence-electron chi connectivity index (χ3n) is 3.36. The SMILES string of the molecule is O=C1NCCNC1c1ccccc1C1CC1. The zero-order chi connectivity index (χ0) is 11.0. The molecule has 0 aromatic heterocycles. The largest absolute Gasteiger partial charge is 0.353 e. The van der Waals surface area contributed by atoms with Gasteiger partial charge in [-0.2, -0.15) is 0 Å². The lowest BCUT2D eigenvalue weighted by atomic mass is 9.96. The molecule has 2 N–H and O–H groups in total. The van der Waals surface area contributed by atoms with Crippen molar-refractivity contribution in [1.29, 1.82) is 0 Å². The molecule has 1 aliphatic carbocycles. The minimum atomic E-state index is -0.148. The van der Waals surface area contributed by atoms with Crippen molar-refractivity contribution in [1.82, 2.24) is 10.6 Å². The molecular formula is C13H16N2O. The number of rotatable bonds is 2. The van der Waals surface area contributed by atoms with Gasteiger partial charge in [-0.1, -0.05) is 24.3 Å². The molecule has 3 rings (SSSR count). The normalized spacial score (nSPS) is 25.2. The van der Waals surface area contributed by atoms with E-state index < -0.39 is 0 Å². The van der Waals surface area contributed by atoms with Crippen LogP contribution in [-0.4, -0.2) is 19.0 Å². The third-order valence-corrected chi connectivity index (χ3v) is 3.36. The highest BCUT2D eigenvalue weighted by atomic mass is 16.2. The second-order valence-electron chi connectivity index (χ2n) is 4.58. The van der Waals surface area contributed by atoms with E-state index in [1.54, 1.807) is 0 Å². The molecule has 0 bridgehead atoms. The quantitative estimate of drug-likeness (QED) is 0.783. The highest BCUT2D eigenvalue weighted by Crippen LogP contribution is 2.43. The molecule has 3 heteroatoms. The Kier molecular flexibility index (Phi) is 2.40. The van der Waals surface area contributed by atoms with Crippen molar-refractivity contribution < 1.29 is 4.79 Å². The molecule has 1 heterocycles. The van der Waals surface area contributed by atoms with Crippen molar-refractivity contribution in [3.63, 3.8) is 0 Å². The Balaban J connectivity index is 1.94. The highest BCUT2D eigenvalue weighted by Gasteiger charge is 2.31. The van der Waals surface area contributed by atoms with Crippen LogP contribution in [0.2, 0.25) is 0 Å². The van der Waals surface area contributed by atoms with Crippen LogP contribution in [0.3, 0.4) is 0 Å². The Morgan fingerprint density at radius 2 is 1.81 bits per heavy atom. The fourth-order valence-electron chi connectivity index (χ4n) is 2.39. The lowest BCUT2D eigenvalue weighted by Crippen LogP contribution is -2.47. The molecule has 0 radical (unpaired) electrons. The second-order valence-corrected chi connectivity index (χ2v) is 4.58. The molecule has 1 aromatic rings. The van der Waals surface area contributed by atoms with Gasteiger partial charge in [0.25, 0.3) is 0 Å². The van der Waals surface area contributed by atoms with E-state index in [1.807, 2.05) is 6.07 Å². The summed E-state index contributed by atoms with van der Waals surface area (Å²) in [5, 5.41) is 6.21. The van der Waals surface area contributed by atoms with Crippen LogP contribution >= 0.6 is 0 Å². The molecule has 2 fully saturated rings. The molecule has 1 aliphatic heterocycles. The molecule has 1 aromatic carbocycles. The van der Waals surface area contributed by atoms with E-state index in [1.165, 1.54) is 24.0 Å². The van der Waals surface area contributed by atoms with Gasteiger partial charge in [0, 0.05) is 13.1 Å². The van der Waals surface area contributed by atoms with Crippen LogP contribution in [0.15, 0.2) is 24.3 Å². The highest BCUT2D eigenvalue weighted by molar-refractivity contribution is 5.84. The average molecular weight is 216 g/mol. The smallest absolute Gasteiger partial charge is 0.241 e. The predicted octanol–water partition coefficient (Wildman–Crippen LogP) is 1.32. The second kappa shape index (κ2) is 3.91. The van der Waals surface area contributed by atoms with Gasteiger partial charge in [0.1, 0.15) is 6.04 Å². The molecule has 16 heavy (non-hydrogen) atoms. The van der Waals surface area contributed by atoms with E-state index in [-0.39, 0.29) is 11.9 Å². The van der Waals surface area contributed by atoms with E-state index in [0.29, 0.717) is 5.92 Å². The van der Waals surface area contributed by atoms with Gasteiger partial charge in [0.15, 0.2) is 0 Å². The summed E-state index contributed by atoms with van der Waals surface area (Å²) >= 11 is 0. The Labute approximate surface area is 95.2 Å². The first-order chi connectivity index (χ1) is 7.86. The van der Waals surface area contributed by atoms with Gasteiger partial charge in [0.2, 0.25) is 5.91 Å². The van der Waals surface area contributed by atoms with E-state index in [2.05, 4.69) is 28.8 Å². The van der Waals surface area contributed by atoms with Crippen LogP contribution in [0.25, 0.3) is 0 Å². The number of benzene rings is 1. The van der Waals surface area contributed by atoms with Gasteiger partial charge in [-0.15, -0.1) is 0 Å². The molecule has 1 amide bonds. The van der Waals surface area contributed by atoms with E-state index in [4.69, 9.17) is 0 Å². The number of carbonyl (C=O) groups excluding carboxylic acids is 1. The van der Waals surface area contributed by atoms with Crippen LogP contribution in [0.5, 0.6) is 0 Å². The standard InChI is InChI=1S/C13H16N2O/c16-13-12(14-7-8-15-13)11-4-2-1-3-10(11)9-5-6-9/h1-4,9,12,14H,5-8H2,(H,15,16). The Morgan fingerprint density at radius 3 is 2.50 bits per heavy atom. The molecule has 0 spiro atoms. The van der Waals surface area contributed by atoms with Crippen molar-refractivity contribution in [3.05, 3.63) is 35.4 Å². The maximum absolute atomic E-state index is 11.8. The van der Waals surface area contributed by atoms with Crippen LogP contribution in [-0.2, 0) is 4.79 Å². The van der Waals surface area contributed by atoms with Gasteiger partial charge >= 0.3 is 0 Å². The van der Waals surface area contributed by atoms with Crippen molar-refractivity contribution in [3.8, 4) is 0 Å². The van der Waals surface area contributed by atoms with Crippen molar-refractivity contribution in [2.75, 3.05) is 13.1 Å². The first kappa shape index (κ1) is 9.85. The topological polar surface area (TPSA) is 41.1 Å². The number of nitrogens with one attached hydrogen (secondary N) is 2.